The van der Waals surface area contributed by atoms with Crippen LogP contribution in [0.3, 0.4) is 0 Å². The van der Waals surface area contributed by atoms with Crippen LogP contribution in [0.2, 0.25) is 0 Å². The molecule has 0 atom stereocenters. The van der Waals surface area contributed by atoms with Gasteiger partial charge in [-0.1, -0.05) is 0 Å². The molecule has 0 bridgehead atoms. The van der Waals surface area contributed by atoms with E-state index in [1.807, 2.05) is 0 Å². The van der Waals surface area contributed by atoms with Crippen LogP contribution in [0.15, 0.2) is 22.3 Å². The van der Waals surface area contributed by atoms with E-state index in [4.69, 9.17) is 4.74 Å². The van der Waals surface area contributed by atoms with Gasteiger partial charge in [-0.15, -0.1) is 0 Å². The molecule has 0 aliphatic carbocycles. The molecule has 3 nitrogen and oxygen atoms in total. The van der Waals surface area contributed by atoms with Crippen LogP contribution in [0.1, 0.15) is 6.42 Å². The van der Waals surface area contributed by atoms with Crippen molar-refractivity contribution in [3.8, 4) is 0 Å². The third-order valence-corrected chi connectivity index (χ3v) is 1.63. The molecule has 2 aliphatic heterocycles. The van der Waals surface area contributed by atoms with Crippen LogP contribution in [0.4, 0.5) is 0 Å². The molecular weight excluding hydrogens is 142 g/mol. The van der Waals surface area contributed by atoms with Gasteiger partial charge in [0.25, 0.3) is 0 Å². The van der Waals surface area contributed by atoms with Gasteiger partial charge in [0.15, 0.2) is 12.0 Å². The smallest absolute Gasteiger partial charge is 0.178 e. The average Bonchev–Trinajstić information content (AvgIpc) is 2.04. The molecule has 2 aliphatic rings. The molecule has 2 rings (SSSR count). The number of Topliss-reactive ketones (excluding diaryl/α,β-unsaturated/α-hetero) is 1. The van der Waals surface area contributed by atoms with Crippen LogP contribution in [-0.2, 0) is 9.53 Å². The maximum atomic E-state index is 10.8. The number of carbonyl (C=O) groups is 1. The Hall–Kier alpha value is -1.38. The molecule has 0 saturated heterocycles. The van der Waals surface area contributed by atoms with Crippen molar-refractivity contribution in [3.63, 3.8) is 0 Å². The van der Waals surface area contributed by atoms with Crippen molar-refractivity contribution in [2.24, 2.45) is 4.99 Å². The van der Waals surface area contributed by atoms with Gasteiger partial charge in [0.1, 0.15) is 6.61 Å². The second-order valence-electron chi connectivity index (χ2n) is 2.42. The summed E-state index contributed by atoms with van der Waals surface area (Å²) in [6, 6.07) is 0. The monoisotopic (exact) mass is 148 g/mol. The SMILES string of the molecule is O=C1C=NC2=C(C=[C]OC2)C1. The van der Waals surface area contributed by atoms with Gasteiger partial charge in [0, 0.05) is 6.42 Å². The summed E-state index contributed by atoms with van der Waals surface area (Å²) in [7, 11) is 0. The first-order valence-corrected chi connectivity index (χ1v) is 3.36. The quantitative estimate of drug-likeness (QED) is 0.505. The van der Waals surface area contributed by atoms with Crippen LogP contribution in [0.25, 0.3) is 0 Å². The minimum Gasteiger partial charge on any atom is -0.483 e. The zero-order valence-electron chi connectivity index (χ0n) is 5.83. The van der Waals surface area contributed by atoms with E-state index >= 15 is 0 Å². The molecule has 0 unspecified atom stereocenters. The molecule has 0 fully saturated rings. The molecule has 11 heavy (non-hydrogen) atoms. The summed E-state index contributed by atoms with van der Waals surface area (Å²) in [6.07, 6.45) is 6.06. The lowest BCUT2D eigenvalue weighted by molar-refractivity contribution is -0.112. The lowest BCUT2D eigenvalue weighted by Crippen LogP contribution is -2.12. The fourth-order valence-electron chi connectivity index (χ4n) is 1.06. The van der Waals surface area contributed by atoms with Crippen LogP contribution in [-0.4, -0.2) is 18.6 Å². The van der Waals surface area contributed by atoms with Crippen molar-refractivity contribution in [3.05, 3.63) is 23.6 Å². The van der Waals surface area contributed by atoms with Crippen LogP contribution >= 0.6 is 0 Å². The fourth-order valence-corrected chi connectivity index (χ4v) is 1.06. The highest BCUT2D eigenvalue weighted by Crippen LogP contribution is 2.19. The molecule has 0 aromatic carbocycles. The zero-order chi connectivity index (χ0) is 7.68. The third-order valence-electron chi connectivity index (χ3n) is 1.63. The summed E-state index contributed by atoms with van der Waals surface area (Å²) in [5.74, 6) is 0.0451. The summed E-state index contributed by atoms with van der Waals surface area (Å²) < 4.78 is 4.89. The maximum Gasteiger partial charge on any atom is 0.178 e. The fraction of sp³-hybridized carbons (Fsp3) is 0.250. The van der Waals surface area contributed by atoms with E-state index in [0.29, 0.717) is 13.0 Å². The van der Waals surface area contributed by atoms with E-state index in [2.05, 4.69) is 11.3 Å². The molecule has 0 saturated carbocycles. The van der Waals surface area contributed by atoms with Crippen LogP contribution in [0, 0.1) is 6.26 Å². The minimum atomic E-state index is 0.0451. The topological polar surface area (TPSA) is 38.7 Å². The van der Waals surface area contributed by atoms with E-state index < -0.39 is 0 Å². The molecule has 0 aromatic heterocycles. The first-order valence-electron chi connectivity index (χ1n) is 3.36. The normalized spacial score (nSPS) is 21.6. The average molecular weight is 148 g/mol. The van der Waals surface area contributed by atoms with Gasteiger partial charge in [-0.2, -0.15) is 0 Å². The first-order chi connectivity index (χ1) is 5.36. The van der Waals surface area contributed by atoms with Crippen LogP contribution in [0.5, 0.6) is 0 Å². The number of ether oxygens (including phenoxy) is 1. The van der Waals surface area contributed by atoms with E-state index in [1.54, 1.807) is 6.08 Å². The zero-order valence-corrected chi connectivity index (χ0v) is 5.83. The van der Waals surface area contributed by atoms with Crippen LogP contribution < -0.4 is 0 Å². The summed E-state index contributed by atoms with van der Waals surface area (Å²) in [4.78, 5) is 14.8. The standard InChI is InChI=1S/C8H6NO2/c10-7-3-6-1-2-11-5-8(6)9-4-7/h1,4H,3,5H2. The van der Waals surface area contributed by atoms with Crippen molar-refractivity contribution < 1.29 is 9.53 Å². The third kappa shape index (κ3) is 1.09. The number of hydrogen-bond donors (Lipinski definition) is 0. The number of rotatable bonds is 0. The molecule has 0 spiro atoms. The maximum absolute atomic E-state index is 10.8. The Morgan fingerprint density at radius 2 is 2.55 bits per heavy atom. The lowest BCUT2D eigenvalue weighted by atomic mass is 10.0. The molecule has 55 valence electrons. The number of nitrogens with zero attached hydrogens (tertiary/aromatic N) is 1. The predicted molar refractivity (Wildman–Crippen MR) is 38.9 cm³/mol. The highest BCUT2D eigenvalue weighted by molar-refractivity contribution is 6.29. The predicted octanol–water partition coefficient (Wildman–Crippen LogP) is 0.631. The Morgan fingerprint density at radius 3 is 3.45 bits per heavy atom. The van der Waals surface area contributed by atoms with E-state index in [9.17, 15) is 4.79 Å². The highest BCUT2D eigenvalue weighted by atomic mass is 16.5. The van der Waals surface area contributed by atoms with Gasteiger partial charge in [0.05, 0.1) is 11.9 Å². The molecule has 0 N–H and O–H groups in total. The van der Waals surface area contributed by atoms with E-state index in [1.165, 1.54) is 6.21 Å². The Morgan fingerprint density at radius 1 is 1.64 bits per heavy atom. The largest absolute Gasteiger partial charge is 0.483 e. The Bertz CT molecular complexity index is 286. The van der Waals surface area contributed by atoms with Gasteiger partial charge in [-0.25, -0.2) is 0 Å². The molecular formula is C8H6NO2. The van der Waals surface area contributed by atoms with Gasteiger partial charge < -0.3 is 4.74 Å². The lowest BCUT2D eigenvalue weighted by Gasteiger charge is -2.13. The van der Waals surface area contributed by atoms with Gasteiger partial charge in [0.2, 0.25) is 0 Å². The molecule has 0 aromatic rings. The minimum absolute atomic E-state index is 0.0451. The first kappa shape index (κ1) is 6.34. The number of aliphatic imine (C=N–C) groups is 1. The number of hydrogen-bond acceptors (Lipinski definition) is 3. The van der Waals surface area contributed by atoms with Crippen molar-refractivity contribution in [2.75, 3.05) is 6.61 Å². The summed E-state index contributed by atoms with van der Waals surface area (Å²) in [6.45, 7) is 0.440. The summed E-state index contributed by atoms with van der Waals surface area (Å²) in [5, 5.41) is 0. The number of ketones is 1. The Kier molecular flexibility index (Phi) is 1.35. The van der Waals surface area contributed by atoms with Gasteiger partial charge in [-0.3, -0.25) is 9.79 Å². The summed E-state index contributed by atoms with van der Waals surface area (Å²) >= 11 is 0. The van der Waals surface area contributed by atoms with Crippen molar-refractivity contribution in [2.45, 2.75) is 6.42 Å². The van der Waals surface area contributed by atoms with Crippen molar-refractivity contribution in [1.29, 1.82) is 0 Å². The van der Waals surface area contributed by atoms with E-state index in [0.717, 1.165) is 11.3 Å². The van der Waals surface area contributed by atoms with Crippen molar-refractivity contribution in [1.82, 2.24) is 0 Å². The Labute approximate surface area is 64.1 Å². The molecule has 0 amide bonds. The second kappa shape index (κ2) is 2.34. The second-order valence-corrected chi connectivity index (χ2v) is 2.42. The Balaban J connectivity index is 2.34. The molecule has 2 heterocycles. The molecule has 3 heteroatoms. The van der Waals surface area contributed by atoms with Crippen molar-refractivity contribution >= 4 is 12.0 Å². The summed E-state index contributed by atoms with van der Waals surface area (Å²) in [5.41, 5.74) is 1.78. The number of carbonyl (C=O) groups excluding carboxylic acids is 1. The molecule has 1 radical (unpaired) electrons. The van der Waals surface area contributed by atoms with Gasteiger partial charge in [-0.05, 0) is 11.6 Å². The van der Waals surface area contributed by atoms with E-state index in [-0.39, 0.29) is 5.78 Å². The number of allylic oxidation sites excluding steroid dienone is 2. The van der Waals surface area contributed by atoms with Gasteiger partial charge >= 0.3 is 0 Å². The highest BCUT2D eigenvalue weighted by Gasteiger charge is 2.15.